The summed E-state index contributed by atoms with van der Waals surface area (Å²) in [7, 11) is 0. The van der Waals surface area contributed by atoms with Gasteiger partial charge in [0.1, 0.15) is 0 Å². The van der Waals surface area contributed by atoms with E-state index in [0.29, 0.717) is 11.4 Å². The van der Waals surface area contributed by atoms with Crippen LogP contribution in [0.2, 0.25) is 5.02 Å². The number of alkyl halides is 3. The quantitative estimate of drug-likeness (QED) is 0.842. The van der Waals surface area contributed by atoms with E-state index in [2.05, 4.69) is 0 Å². The zero-order valence-corrected chi connectivity index (χ0v) is 13.0. The van der Waals surface area contributed by atoms with Gasteiger partial charge < -0.3 is 9.80 Å². The van der Waals surface area contributed by atoms with Crippen LogP contribution in [0.25, 0.3) is 0 Å². The summed E-state index contributed by atoms with van der Waals surface area (Å²) in [5.41, 5.74) is 0.928. The summed E-state index contributed by atoms with van der Waals surface area (Å²) < 4.78 is 37.0. The molecule has 1 aliphatic rings. The summed E-state index contributed by atoms with van der Waals surface area (Å²) in [6, 6.07) is 7.17. The van der Waals surface area contributed by atoms with E-state index in [-0.39, 0.29) is 38.5 Å². The lowest BCUT2D eigenvalue weighted by Gasteiger charge is -2.35. The summed E-state index contributed by atoms with van der Waals surface area (Å²) in [6.07, 6.45) is -4.09. The van der Waals surface area contributed by atoms with Gasteiger partial charge in [0.25, 0.3) is 0 Å². The molecular weight excluding hydrogens is 333 g/mol. The number of halogens is 4. The Balaban J connectivity index is 1.81. The van der Waals surface area contributed by atoms with Crippen LogP contribution in [0.5, 0.6) is 0 Å². The van der Waals surface area contributed by atoms with Gasteiger partial charge in [0, 0.05) is 37.6 Å². The highest BCUT2D eigenvalue weighted by Gasteiger charge is 2.43. The molecule has 0 bridgehead atoms. The summed E-state index contributed by atoms with van der Waals surface area (Å²) in [6.45, 7) is 0.0505. The number of hydrogen-bond donors (Lipinski definition) is 0. The number of rotatable bonds is 3. The van der Waals surface area contributed by atoms with Crippen LogP contribution < -0.4 is 0 Å². The van der Waals surface area contributed by atoms with Crippen LogP contribution in [0.4, 0.5) is 13.2 Å². The fraction of sp³-hybridized carbons (Fsp3) is 0.467. The summed E-state index contributed by atoms with van der Waals surface area (Å²) in [5, 5.41) is 0.592. The largest absolute Gasteiger partial charge is 0.471 e. The Bertz CT molecular complexity index is 584. The van der Waals surface area contributed by atoms with Gasteiger partial charge in [-0.2, -0.15) is 13.2 Å². The van der Waals surface area contributed by atoms with Crippen LogP contribution in [0.1, 0.15) is 12.0 Å². The number of carbonyl (C=O) groups is 2. The Kier molecular flexibility index (Phi) is 5.51. The molecule has 0 aromatic heterocycles. The number of aryl methyl sites for hydroxylation is 1. The van der Waals surface area contributed by atoms with Gasteiger partial charge in [-0.3, -0.25) is 9.59 Å². The molecule has 1 saturated heterocycles. The Morgan fingerprint density at radius 1 is 1.09 bits per heavy atom. The molecule has 0 N–H and O–H groups in total. The molecule has 1 aliphatic heterocycles. The van der Waals surface area contributed by atoms with Crippen LogP contribution >= 0.6 is 11.6 Å². The van der Waals surface area contributed by atoms with E-state index in [1.54, 1.807) is 18.2 Å². The van der Waals surface area contributed by atoms with E-state index in [4.69, 9.17) is 11.6 Å². The van der Waals surface area contributed by atoms with Gasteiger partial charge in [-0.25, -0.2) is 0 Å². The van der Waals surface area contributed by atoms with Crippen LogP contribution in [-0.2, 0) is 16.0 Å². The first-order chi connectivity index (χ1) is 10.8. The summed E-state index contributed by atoms with van der Waals surface area (Å²) >= 11 is 5.87. The molecule has 1 aromatic carbocycles. The Hall–Kier alpha value is -1.76. The van der Waals surface area contributed by atoms with Crippen molar-refractivity contribution in [1.29, 1.82) is 0 Å². The molecule has 1 fully saturated rings. The summed E-state index contributed by atoms with van der Waals surface area (Å²) in [4.78, 5) is 25.4. The Morgan fingerprint density at radius 3 is 2.26 bits per heavy atom. The molecule has 1 aromatic rings. The fourth-order valence-corrected chi connectivity index (χ4v) is 2.65. The van der Waals surface area contributed by atoms with Gasteiger partial charge in [-0.15, -0.1) is 0 Å². The van der Waals surface area contributed by atoms with Crippen LogP contribution in [-0.4, -0.2) is 54.0 Å². The number of benzene rings is 1. The Labute approximate surface area is 136 Å². The molecule has 0 aliphatic carbocycles. The highest BCUT2D eigenvalue weighted by Crippen LogP contribution is 2.20. The number of carbonyl (C=O) groups excluding carboxylic acids is 2. The molecule has 1 heterocycles. The fourth-order valence-electron chi connectivity index (χ4n) is 2.44. The third kappa shape index (κ3) is 4.86. The van der Waals surface area contributed by atoms with E-state index < -0.39 is 12.1 Å². The predicted octanol–water partition coefficient (Wildman–Crippen LogP) is 2.51. The van der Waals surface area contributed by atoms with Crippen molar-refractivity contribution in [2.24, 2.45) is 0 Å². The molecule has 4 nitrogen and oxygen atoms in total. The minimum Gasteiger partial charge on any atom is -0.339 e. The van der Waals surface area contributed by atoms with Crippen molar-refractivity contribution in [1.82, 2.24) is 9.80 Å². The van der Waals surface area contributed by atoms with Crippen molar-refractivity contribution in [3.63, 3.8) is 0 Å². The van der Waals surface area contributed by atoms with Crippen molar-refractivity contribution >= 4 is 23.4 Å². The molecule has 2 amide bonds. The first-order valence-corrected chi connectivity index (χ1v) is 7.53. The average molecular weight is 349 g/mol. The van der Waals surface area contributed by atoms with Crippen molar-refractivity contribution in [3.8, 4) is 0 Å². The highest BCUT2D eigenvalue weighted by molar-refractivity contribution is 6.30. The monoisotopic (exact) mass is 348 g/mol. The van der Waals surface area contributed by atoms with Crippen molar-refractivity contribution < 1.29 is 22.8 Å². The van der Waals surface area contributed by atoms with E-state index in [0.717, 1.165) is 10.5 Å². The van der Waals surface area contributed by atoms with Gasteiger partial charge in [0.2, 0.25) is 5.91 Å². The minimum absolute atomic E-state index is 0.0960. The normalized spacial score (nSPS) is 15.7. The van der Waals surface area contributed by atoms with Gasteiger partial charge in [-0.1, -0.05) is 23.7 Å². The van der Waals surface area contributed by atoms with Gasteiger partial charge >= 0.3 is 12.1 Å². The van der Waals surface area contributed by atoms with Crippen molar-refractivity contribution in [3.05, 3.63) is 34.9 Å². The second kappa shape index (κ2) is 7.21. The minimum atomic E-state index is -4.86. The number of nitrogens with zero attached hydrogens (tertiary/aromatic N) is 2. The molecule has 0 radical (unpaired) electrons. The molecule has 126 valence electrons. The molecule has 0 saturated carbocycles. The molecule has 0 atom stereocenters. The zero-order valence-electron chi connectivity index (χ0n) is 12.3. The number of piperazine rings is 1. The zero-order chi connectivity index (χ0) is 17.0. The SMILES string of the molecule is O=C(CCc1cccc(Cl)c1)N1CCN(C(=O)C(F)(F)F)CC1. The number of hydrogen-bond acceptors (Lipinski definition) is 2. The molecular formula is C15H16ClF3N2O2. The van der Waals surface area contributed by atoms with Gasteiger partial charge in [0.05, 0.1) is 0 Å². The maximum absolute atomic E-state index is 12.3. The molecule has 8 heteroatoms. The first kappa shape index (κ1) is 17.6. The topological polar surface area (TPSA) is 40.6 Å². The lowest BCUT2D eigenvalue weighted by molar-refractivity contribution is -0.187. The van der Waals surface area contributed by atoms with Crippen LogP contribution in [0, 0.1) is 0 Å². The third-order valence-electron chi connectivity index (χ3n) is 3.68. The number of amides is 2. The molecule has 0 spiro atoms. The molecule has 2 rings (SSSR count). The maximum Gasteiger partial charge on any atom is 0.471 e. The van der Waals surface area contributed by atoms with E-state index in [1.165, 1.54) is 4.90 Å². The van der Waals surface area contributed by atoms with Crippen LogP contribution in [0.3, 0.4) is 0 Å². The lowest BCUT2D eigenvalue weighted by atomic mass is 10.1. The second-order valence-electron chi connectivity index (χ2n) is 5.30. The third-order valence-corrected chi connectivity index (χ3v) is 3.91. The second-order valence-corrected chi connectivity index (χ2v) is 5.74. The maximum atomic E-state index is 12.3. The van der Waals surface area contributed by atoms with E-state index >= 15 is 0 Å². The Morgan fingerprint density at radius 2 is 1.70 bits per heavy atom. The highest BCUT2D eigenvalue weighted by atomic mass is 35.5. The van der Waals surface area contributed by atoms with Gasteiger partial charge in [-0.05, 0) is 24.1 Å². The molecule has 0 unspecified atom stereocenters. The van der Waals surface area contributed by atoms with Gasteiger partial charge in [0.15, 0.2) is 0 Å². The summed E-state index contributed by atoms with van der Waals surface area (Å²) in [5.74, 6) is -1.98. The predicted molar refractivity (Wildman–Crippen MR) is 79.0 cm³/mol. The average Bonchev–Trinajstić information content (AvgIpc) is 2.51. The van der Waals surface area contributed by atoms with Crippen molar-refractivity contribution in [2.75, 3.05) is 26.2 Å². The molecule has 23 heavy (non-hydrogen) atoms. The standard InChI is InChI=1S/C15H16ClF3N2O2/c16-12-3-1-2-11(10-12)4-5-13(22)20-6-8-21(9-7-20)14(23)15(17,18)19/h1-3,10H,4-9H2. The first-order valence-electron chi connectivity index (χ1n) is 7.15. The van der Waals surface area contributed by atoms with E-state index in [1.807, 2.05) is 6.07 Å². The van der Waals surface area contributed by atoms with Crippen LogP contribution in [0.15, 0.2) is 24.3 Å². The smallest absolute Gasteiger partial charge is 0.339 e. The van der Waals surface area contributed by atoms with Crippen molar-refractivity contribution in [2.45, 2.75) is 19.0 Å². The van der Waals surface area contributed by atoms with E-state index in [9.17, 15) is 22.8 Å². The lowest BCUT2D eigenvalue weighted by Crippen LogP contribution is -2.53.